The fourth-order valence-electron chi connectivity index (χ4n) is 3.31. The van der Waals surface area contributed by atoms with Crippen LogP contribution in [-0.2, 0) is 9.47 Å². The van der Waals surface area contributed by atoms with Gasteiger partial charge in [0, 0.05) is 0 Å². The molecule has 0 aromatic heterocycles. The summed E-state index contributed by atoms with van der Waals surface area (Å²) < 4.78 is 10.3. The number of esters is 2. The van der Waals surface area contributed by atoms with Gasteiger partial charge in [0.2, 0.25) is 0 Å². The van der Waals surface area contributed by atoms with Crippen molar-refractivity contribution < 1.29 is 19.1 Å². The van der Waals surface area contributed by atoms with E-state index in [1.54, 1.807) is 13.8 Å². The van der Waals surface area contributed by atoms with Crippen LogP contribution >= 0.6 is 0 Å². The summed E-state index contributed by atoms with van der Waals surface area (Å²) in [4.78, 5) is 24.3. The van der Waals surface area contributed by atoms with E-state index in [2.05, 4.69) is 0 Å². The van der Waals surface area contributed by atoms with Gasteiger partial charge in [-0.3, -0.25) is 0 Å². The Labute approximate surface area is 155 Å². The van der Waals surface area contributed by atoms with Crippen LogP contribution in [0, 0.1) is 27.7 Å². The Hall–Kier alpha value is -2.62. The normalized spacial score (nSPS) is 10.5. The third-order valence-corrected chi connectivity index (χ3v) is 4.36. The second-order valence-corrected chi connectivity index (χ2v) is 6.41. The van der Waals surface area contributed by atoms with E-state index in [4.69, 9.17) is 9.47 Å². The minimum absolute atomic E-state index is 0.293. The summed E-state index contributed by atoms with van der Waals surface area (Å²) in [7, 11) is 0. The van der Waals surface area contributed by atoms with Crippen molar-refractivity contribution in [1.29, 1.82) is 0 Å². The van der Waals surface area contributed by atoms with E-state index in [1.165, 1.54) is 0 Å². The highest BCUT2D eigenvalue weighted by Crippen LogP contribution is 2.29. The van der Waals surface area contributed by atoms with Gasteiger partial charge in [0.1, 0.15) is 0 Å². The van der Waals surface area contributed by atoms with Gasteiger partial charge in [0.05, 0.1) is 24.3 Å². The molecular weight excluding hydrogens is 328 g/mol. The zero-order valence-electron chi connectivity index (χ0n) is 16.4. The summed E-state index contributed by atoms with van der Waals surface area (Å²) in [5.41, 5.74) is 6.77. The van der Waals surface area contributed by atoms with Crippen molar-refractivity contribution in [3.63, 3.8) is 0 Å². The number of rotatable bonds is 5. The Bertz CT molecular complexity index is 732. The van der Waals surface area contributed by atoms with Crippen molar-refractivity contribution in [1.82, 2.24) is 0 Å². The molecule has 0 atom stereocenters. The zero-order chi connectivity index (χ0) is 19.4. The molecule has 0 spiro atoms. The van der Waals surface area contributed by atoms with Gasteiger partial charge in [0.25, 0.3) is 0 Å². The minimum Gasteiger partial charge on any atom is -0.462 e. The molecule has 0 aliphatic heterocycles. The van der Waals surface area contributed by atoms with Gasteiger partial charge in [-0.25, -0.2) is 9.59 Å². The van der Waals surface area contributed by atoms with Crippen LogP contribution in [0.1, 0.15) is 56.8 Å². The summed E-state index contributed by atoms with van der Waals surface area (Å²) in [6.07, 6.45) is 0. The number of ether oxygens (including phenoxy) is 2. The molecule has 4 heteroatoms. The van der Waals surface area contributed by atoms with Gasteiger partial charge in [-0.15, -0.1) is 0 Å². The molecule has 0 N–H and O–H groups in total. The number of carbonyl (C=O) groups is 2. The van der Waals surface area contributed by atoms with Crippen molar-refractivity contribution in [3.05, 3.63) is 57.6 Å². The topological polar surface area (TPSA) is 52.6 Å². The lowest BCUT2D eigenvalue weighted by molar-refractivity contribution is 0.0514. The number of benzene rings is 2. The van der Waals surface area contributed by atoms with Crippen molar-refractivity contribution in [2.75, 3.05) is 13.2 Å². The molecule has 0 saturated heterocycles. The second kappa shape index (κ2) is 8.17. The molecule has 0 fully saturated rings. The Morgan fingerprint density at radius 1 is 0.654 bits per heavy atom. The first-order valence-electron chi connectivity index (χ1n) is 8.87. The van der Waals surface area contributed by atoms with E-state index in [-0.39, 0.29) is 11.9 Å². The second-order valence-electron chi connectivity index (χ2n) is 6.41. The van der Waals surface area contributed by atoms with Crippen LogP contribution in [0.25, 0.3) is 11.1 Å². The Kier molecular flexibility index (Phi) is 6.19. The standard InChI is InChI=1S/C22H26O4/c1-7-25-21(23)19-13(3)9-17(10-14(19)4)18-11-15(5)20(16(6)12-18)22(24)26-8-2/h9-12H,7-8H2,1-6H3. The number of hydrogen-bond acceptors (Lipinski definition) is 4. The summed E-state index contributed by atoms with van der Waals surface area (Å²) in [5.74, 6) is -0.585. The van der Waals surface area contributed by atoms with Gasteiger partial charge >= 0.3 is 11.9 Å². The molecule has 0 aliphatic rings. The highest BCUT2D eigenvalue weighted by Gasteiger charge is 2.18. The fourth-order valence-corrected chi connectivity index (χ4v) is 3.31. The molecule has 0 bridgehead atoms. The summed E-state index contributed by atoms with van der Waals surface area (Å²) in [5, 5.41) is 0. The Morgan fingerprint density at radius 3 is 1.15 bits per heavy atom. The molecular formula is C22H26O4. The zero-order valence-corrected chi connectivity index (χ0v) is 16.4. The first kappa shape index (κ1) is 19.7. The first-order chi connectivity index (χ1) is 12.3. The maximum atomic E-state index is 12.1. The summed E-state index contributed by atoms with van der Waals surface area (Å²) in [6.45, 7) is 12.0. The first-order valence-corrected chi connectivity index (χ1v) is 8.87. The van der Waals surface area contributed by atoms with Crippen LogP contribution in [-0.4, -0.2) is 25.2 Å². The fraction of sp³-hybridized carbons (Fsp3) is 0.364. The van der Waals surface area contributed by atoms with Crippen LogP contribution in [0.2, 0.25) is 0 Å². The van der Waals surface area contributed by atoms with Crippen molar-refractivity contribution in [3.8, 4) is 11.1 Å². The Morgan fingerprint density at radius 2 is 0.923 bits per heavy atom. The van der Waals surface area contributed by atoms with E-state index in [9.17, 15) is 9.59 Å². The average molecular weight is 354 g/mol. The van der Waals surface area contributed by atoms with Crippen LogP contribution in [0.15, 0.2) is 24.3 Å². The smallest absolute Gasteiger partial charge is 0.338 e. The molecule has 0 unspecified atom stereocenters. The molecule has 0 saturated carbocycles. The molecule has 0 aliphatic carbocycles. The number of carbonyl (C=O) groups excluding carboxylic acids is 2. The molecule has 4 nitrogen and oxygen atoms in total. The lowest BCUT2D eigenvalue weighted by Crippen LogP contribution is -2.10. The largest absolute Gasteiger partial charge is 0.462 e. The van der Waals surface area contributed by atoms with Gasteiger partial charge in [-0.1, -0.05) is 24.3 Å². The third-order valence-electron chi connectivity index (χ3n) is 4.36. The highest BCUT2D eigenvalue weighted by molar-refractivity contribution is 5.95. The highest BCUT2D eigenvalue weighted by atomic mass is 16.5. The summed E-state index contributed by atoms with van der Waals surface area (Å²) >= 11 is 0. The lowest BCUT2D eigenvalue weighted by Gasteiger charge is -2.15. The molecule has 0 amide bonds. The molecule has 138 valence electrons. The maximum Gasteiger partial charge on any atom is 0.338 e. The van der Waals surface area contributed by atoms with Crippen LogP contribution in [0.4, 0.5) is 0 Å². The van der Waals surface area contributed by atoms with Crippen molar-refractivity contribution >= 4 is 11.9 Å². The van der Waals surface area contributed by atoms with Crippen LogP contribution < -0.4 is 0 Å². The van der Waals surface area contributed by atoms with Crippen LogP contribution in [0.5, 0.6) is 0 Å². The molecule has 2 aromatic rings. The summed E-state index contributed by atoms with van der Waals surface area (Å²) in [6, 6.07) is 7.93. The molecule has 0 heterocycles. The van der Waals surface area contributed by atoms with Crippen LogP contribution in [0.3, 0.4) is 0 Å². The number of aryl methyl sites for hydroxylation is 4. The lowest BCUT2D eigenvalue weighted by atomic mass is 9.92. The van der Waals surface area contributed by atoms with Crippen molar-refractivity contribution in [2.45, 2.75) is 41.5 Å². The molecule has 2 aromatic carbocycles. The van der Waals surface area contributed by atoms with Gasteiger partial charge < -0.3 is 9.47 Å². The quantitative estimate of drug-likeness (QED) is 0.714. The molecule has 0 radical (unpaired) electrons. The van der Waals surface area contributed by atoms with Crippen molar-refractivity contribution in [2.24, 2.45) is 0 Å². The molecule has 2 rings (SSSR count). The van der Waals surface area contributed by atoms with E-state index in [0.29, 0.717) is 24.3 Å². The monoisotopic (exact) mass is 354 g/mol. The third kappa shape index (κ3) is 3.96. The SMILES string of the molecule is CCOC(=O)c1c(C)cc(-c2cc(C)c(C(=O)OCC)c(C)c2)cc1C. The number of hydrogen-bond donors (Lipinski definition) is 0. The predicted octanol–water partition coefficient (Wildman–Crippen LogP) is 4.94. The average Bonchev–Trinajstić information content (AvgIpc) is 2.53. The van der Waals surface area contributed by atoms with Gasteiger partial charge in [-0.05, 0) is 74.9 Å². The van der Waals surface area contributed by atoms with E-state index < -0.39 is 0 Å². The van der Waals surface area contributed by atoms with Gasteiger partial charge in [0.15, 0.2) is 0 Å². The van der Waals surface area contributed by atoms with E-state index >= 15 is 0 Å². The Balaban J connectivity index is 2.50. The van der Waals surface area contributed by atoms with E-state index in [0.717, 1.165) is 33.4 Å². The van der Waals surface area contributed by atoms with E-state index in [1.807, 2.05) is 52.0 Å². The maximum absolute atomic E-state index is 12.1. The molecule has 26 heavy (non-hydrogen) atoms. The predicted molar refractivity (Wildman–Crippen MR) is 103 cm³/mol. The van der Waals surface area contributed by atoms with Gasteiger partial charge in [-0.2, -0.15) is 0 Å². The minimum atomic E-state index is -0.293.